The maximum Gasteiger partial charge on any atom is 0.301 e. The van der Waals surface area contributed by atoms with Crippen LogP contribution in [0.25, 0.3) is 0 Å². The van der Waals surface area contributed by atoms with Crippen molar-refractivity contribution in [1.29, 1.82) is 0 Å². The summed E-state index contributed by atoms with van der Waals surface area (Å²) in [4.78, 5) is 16.4. The molecule has 0 aromatic carbocycles. The van der Waals surface area contributed by atoms with Gasteiger partial charge in [0.1, 0.15) is 13.2 Å². The summed E-state index contributed by atoms with van der Waals surface area (Å²) in [6.45, 7) is 1.52. The third-order valence-electron chi connectivity index (χ3n) is 4.10. The van der Waals surface area contributed by atoms with Crippen LogP contribution >= 0.6 is 0 Å². The molecule has 2 N–H and O–H groups in total. The third kappa shape index (κ3) is 8.79. The normalized spacial score (nSPS) is 13.8. The fraction of sp³-hybridized carbons (Fsp3) is 0.450. The van der Waals surface area contributed by atoms with Gasteiger partial charge in [-0.15, -0.1) is 0 Å². The average molecular weight is 528 g/mol. The summed E-state index contributed by atoms with van der Waals surface area (Å²) < 4.78 is 44.4. The highest BCUT2D eigenvalue weighted by Gasteiger charge is 2.25. The smallest absolute Gasteiger partial charge is 0.301 e. The quantitative estimate of drug-likeness (QED) is 0.237. The molecule has 36 heavy (non-hydrogen) atoms. The molecular weight excluding hydrogens is 498 g/mol. The lowest BCUT2D eigenvalue weighted by Crippen LogP contribution is -2.36. The van der Waals surface area contributed by atoms with E-state index in [1.165, 1.54) is 38.6 Å². The maximum atomic E-state index is 12.6. The summed E-state index contributed by atoms with van der Waals surface area (Å²) >= 11 is 0. The lowest BCUT2D eigenvalue weighted by molar-refractivity contribution is -0.870. The molecule has 16 heteroatoms. The molecule has 0 saturated heterocycles. The predicted molar refractivity (Wildman–Crippen MR) is 126 cm³/mol. The van der Waals surface area contributed by atoms with E-state index < -0.39 is 21.1 Å². The van der Waals surface area contributed by atoms with Crippen molar-refractivity contribution in [1.82, 2.24) is 15.0 Å². The molecule has 0 bridgehead atoms. The Morgan fingerprint density at radius 2 is 1.89 bits per heavy atom. The fourth-order valence-corrected chi connectivity index (χ4v) is 3.41. The first-order chi connectivity index (χ1) is 17.0. The zero-order valence-corrected chi connectivity index (χ0v) is 21.4. The number of rotatable bonds is 8. The third-order valence-corrected chi connectivity index (χ3v) is 5.32. The van der Waals surface area contributed by atoms with Crippen LogP contribution in [0.4, 0.5) is 5.95 Å². The number of aromatic nitrogens is 3. The Hall–Kier alpha value is -3.76. The van der Waals surface area contributed by atoms with Crippen LogP contribution in [0.5, 0.6) is 11.8 Å². The van der Waals surface area contributed by atoms with E-state index >= 15 is 0 Å². The Morgan fingerprint density at radius 3 is 2.39 bits per heavy atom. The number of amidine groups is 1. The predicted octanol–water partition coefficient (Wildman–Crippen LogP) is -1.20. The van der Waals surface area contributed by atoms with Gasteiger partial charge in [-0.1, -0.05) is 0 Å². The van der Waals surface area contributed by atoms with Crippen LogP contribution in [0.3, 0.4) is 0 Å². The summed E-state index contributed by atoms with van der Waals surface area (Å²) in [5.41, 5.74) is 0.00282. The highest BCUT2D eigenvalue weighted by atomic mass is 32.2. The molecule has 15 nitrogen and oxygen atoms in total. The largest absolute Gasteiger partial charge is 0.845 e. The van der Waals surface area contributed by atoms with Crippen LogP contribution in [0, 0.1) is 0 Å². The van der Waals surface area contributed by atoms with Crippen LogP contribution < -0.4 is 19.9 Å². The second-order valence-corrected chi connectivity index (χ2v) is 9.46. The first-order valence-electron chi connectivity index (χ1n) is 10.4. The Kier molecular flexibility index (Phi) is 10.1. The number of nitrogens with one attached hydrogen (secondary N) is 1. The number of aliphatic hydroxyl groups excluding tert-OH is 1. The molecule has 0 saturated carbocycles. The van der Waals surface area contributed by atoms with E-state index in [0.29, 0.717) is 0 Å². The number of nitrogens with zero attached hydrogens (tertiary/aromatic N) is 6. The van der Waals surface area contributed by atoms with E-state index in [0.717, 1.165) is 11.0 Å². The number of ether oxygens (including phenoxy) is 3. The van der Waals surface area contributed by atoms with Crippen molar-refractivity contribution in [3.8, 4) is 11.8 Å². The molecule has 1 aliphatic rings. The highest BCUT2D eigenvalue weighted by Crippen LogP contribution is 2.19. The summed E-state index contributed by atoms with van der Waals surface area (Å²) in [6.07, 6.45) is 1.23. The van der Waals surface area contributed by atoms with E-state index in [1.54, 1.807) is 0 Å². The number of sulfonamides is 1. The van der Waals surface area contributed by atoms with E-state index in [9.17, 15) is 13.5 Å². The van der Waals surface area contributed by atoms with E-state index in [-0.39, 0.29) is 49.0 Å². The zero-order chi connectivity index (χ0) is 26.8. The maximum absolute atomic E-state index is 12.6. The minimum atomic E-state index is -4.52. The van der Waals surface area contributed by atoms with Crippen molar-refractivity contribution in [2.45, 2.75) is 5.03 Å². The number of pyridine rings is 1. The van der Waals surface area contributed by atoms with Gasteiger partial charge in [0.15, 0.2) is 11.6 Å². The van der Waals surface area contributed by atoms with Crippen LogP contribution in [-0.4, -0.2) is 107 Å². The molecule has 0 spiro atoms. The Labute approximate surface area is 208 Å². The molecule has 2 aromatic rings. The van der Waals surface area contributed by atoms with E-state index in [1.807, 2.05) is 0 Å². The molecule has 3 heterocycles. The van der Waals surface area contributed by atoms with Gasteiger partial charge < -0.3 is 39.1 Å². The number of likely N-dealkylation sites (N-methyl/N-ethyl adjacent to an activating group) is 1. The van der Waals surface area contributed by atoms with E-state index in [2.05, 4.69) is 51.0 Å². The molecule has 0 amide bonds. The standard InChI is InChI=1S/C15H16N6O7S.C5H14NO/c1-25-10-8-11(26-2)18-14(17-10)19-15(22)21-29(23,24)13-9(4-3-5-16-13)12-20-28-7-6-27-12;1-6(2,3)4-5-7/h3-5,8H,6-7H2,1-2H3,(H2,17,18,19,21,22);7H,4-5H2,1-3H3/q;+1/p-1. The van der Waals surface area contributed by atoms with Gasteiger partial charge in [0, 0.05) is 6.20 Å². The van der Waals surface area contributed by atoms with Gasteiger partial charge in [-0.05, 0) is 17.3 Å². The van der Waals surface area contributed by atoms with Gasteiger partial charge in [0.25, 0.3) is 5.90 Å². The molecule has 0 aliphatic carbocycles. The number of anilines is 1. The highest BCUT2D eigenvalue weighted by molar-refractivity contribution is 7.90. The number of aliphatic hydroxyl groups is 1. The molecule has 0 radical (unpaired) electrons. The second-order valence-electron chi connectivity index (χ2n) is 7.94. The summed E-state index contributed by atoms with van der Waals surface area (Å²) in [5, 5.41) is 25.8. The minimum Gasteiger partial charge on any atom is -0.845 e. The summed E-state index contributed by atoms with van der Waals surface area (Å²) in [6, 6.07) is 3.00. The Bertz CT molecular complexity index is 1160. The molecule has 0 unspecified atom stereocenters. The number of quaternary nitrogens is 1. The van der Waals surface area contributed by atoms with E-state index in [4.69, 9.17) is 24.2 Å². The second kappa shape index (κ2) is 12.8. The van der Waals surface area contributed by atoms with Gasteiger partial charge in [-0.2, -0.15) is 22.8 Å². The number of hydrogen-bond donors (Lipinski definition) is 2. The monoisotopic (exact) mass is 527 g/mol. The number of methoxy groups -OCH3 is 2. The van der Waals surface area contributed by atoms with Crippen molar-refractivity contribution in [2.75, 3.05) is 67.0 Å². The molecule has 1 aliphatic heterocycles. The summed E-state index contributed by atoms with van der Waals surface area (Å²) in [5.74, 6) is -0.164. The average Bonchev–Trinajstić information content (AvgIpc) is 2.83. The van der Waals surface area contributed by atoms with Gasteiger partial charge in [0.05, 0.1) is 59.6 Å². The molecular formula is C20H29N7O8S. The van der Waals surface area contributed by atoms with Crippen molar-refractivity contribution in [3.05, 3.63) is 30.0 Å². The first-order valence-corrected chi connectivity index (χ1v) is 11.9. The van der Waals surface area contributed by atoms with Crippen molar-refractivity contribution >= 4 is 27.9 Å². The first kappa shape index (κ1) is 28.5. The minimum absolute atomic E-state index is 0.00282. The number of oxime groups is 1. The molecule has 0 fully saturated rings. The Morgan fingerprint density at radius 1 is 1.22 bits per heavy atom. The van der Waals surface area contributed by atoms with Crippen LogP contribution in [0.1, 0.15) is 5.56 Å². The lowest BCUT2D eigenvalue weighted by Gasteiger charge is -2.21. The number of hydrogen-bond acceptors (Lipinski definition) is 12. The van der Waals surface area contributed by atoms with Crippen LogP contribution in [0.2, 0.25) is 0 Å². The fourth-order valence-electron chi connectivity index (χ4n) is 2.43. The van der Waals surface area contributed by atoms with Crippen molar-refractivity contribution < 1.29 is 42.2 Å². The SMILES string of the molecule is COc1cc(OC)nc(N/C([O-])=N/S(=O)(=O)c2ncccc2C2=NOCCO2)n1.C[N+](C)(C)CCO. The van der Waals surface area contributed by atoms with Crippen LogP contribution in [0.15, 0.2) is 39.0 Å². The van der Waals surface area contributed by atoms with Gasteiger partial charge in [-0.3, -0.25) is 0 Å². The van der Waals surface area contributed by atoms with Gasteiger partial charge >= 0.3 is 10.0 Å². The Balaban J connectivity index is 0.000000572. The van der Waals surface area contributed by atoms with Gasteiger partial charge in [0.2, 0.25) is 17.7 Å². The molecule has 198 valence electrons. The molecule has 3 rings (SSSR count). The van der Waals surface area contributed by atoms with Crippen molar-refractivity contribution in [2.24, 2.45) is 9.55 Å². The lowest BCUT2D eigenvalue weighted by atomic mass is 10.3. The van der Waals surface area contributed by atoms with Crippen molar-refractivity contribution in [3.63, 3.8) is 0 Å². The summed E-state index contributed by atoms with van der Waals surface area (Å²) in [7, 11) is 4.34. The zero-order valence-electron chi connectivity index (χ0n) is 20.5. The topological polar surface area (TPSA) is 190 Å². The molecule has 2 aromatic heterocycles. The molecule has 0 atom stereocenters. The van der Waals surface area contributed by atoms with Gasteiger partial charge in [-0.25, -0.2) is 4.98 Å². The van der Waals surface area contributed by atoms with Crippen LogP contribution in [-0.2, 0) is 19.6 Å².